The van der Waals surface area contributed by atoms with Crippen LogP contribution in [0.4, 0.5) is 0 Å². The lowest BCUT2D eigenvalue weighted by Crippen LogP contribution is -2.07. The summed E-state index contributed by atoms with van der Waals surface area (Å²) < 4.78 is 2.05. The van der Waals surface area contributed by atoms with Gasteiger partial charge in [-0.3, -0.25) is 0 Å². The van der Waals surface area contributed by atoms with E-state index in [0.29, 0.717) is 0 Å². The van der Waals surface area contributed by atoms with Crippen LogP contribution in [0.2, 0.25) is 0 Å². The van der Waals surface area contributed by atoms with Crippen LogP contribution in [0.25, 0.3) is 28.0 Å². The van der Waals surface area contributed by atoms with Gasteiger partial charge >= 0.3 is 0 Å². The van der Waals surface area contributed by atoms with Crippen LogP contribution in [0.1, 0.15) is 17.2 Å². The number of nitrogens with two attached hydrogens (primary N) is 1. The zero-order valence-electron chi connectivity index (χ0n) is 12.5. The van der Waals surface area contributed by atoms with Crippen molar-refractivity contribution in [2.75, 3.05) is 0 Å². The molecular weight excluding hydrogens is 282 g/mol. The van der Waals surface area contributed by atoms with Crippen LogP contribution in [0.15, 0.2) is 73.1 Å². The van der Waals surface area contributed by atoms with Crippen LogP contribution < -0.4 is 5.73 Å². The molecule has 1 aliphatic rings. The fourth-order valence-electron chi connectivity index (χ4n) is 3.57. The molecule has 0 bridgehead atoms. The Morgan fingerprint density at radius 3 is 2.52 bits per heavy atom. The lowest BCUT2D eigenvalue weighted by atomic mass is 9.97. The fourth-order valence-corrected chi connectivity index (χ4v) is 3.57. The van der Waals surface area contributed by atoms with E-state index < -0.39 is 0 Å². The van der Waals surface area contributed by atoms with Crippen molar-refractivity contribution in [2.24, 2.45) is 5.73 Å². The fraction of sp³-hybridized carbons (Fsp3) is 0.0500. The molecule has 1 atom stereocenters. The highest BCUT2D eigenvalue weighted by atomic mass is 15.0. The Balaban J connectivity index is 1.81. The van der Waals surface area contributed by atoms with Gasteiger partial charge in [0.05, 0.1) is 11.7 Å². The van der Waals surface area contributed by atoms with Gasteiger partial charge in [-0.25, -0.2) is 4.98 Å². The zero-order chi connectivity index (χ0) is 15.4. The summed E-state index contributed by atoms with van der Waals surface area (Å²) in [6, 6.07) is 20.7. The van der Waals surface area contributed by atoms with Crippen molar-refractivity contribution < 1.29 is 0 Å². The van der Waals surface area contributed by atoms with Crippen molar-refractivity contribution in [1.82, 2.24) is 9.38 Å². The van der Waals surface area contributed by atoms with E-state index in [2.05, 4.69) is 53.1 Å². The maximum atomic E-state index is 6.45. The van der Waals surface area contributed by atoms with Crippen LogP contribution >= 0.6 is 0 Å². The molecule has 0 saturated carbocycles. The van der Waals surface area contributed by atoms with Gasteiger partial charge in [-0.05, 0) is 34.4 Å². The monoisotopic (exact) mass is 297 g/mol. The largest absolute Gasteiger partial charge is 0.320 e. The summed E-state index contributed by atoms with van der Waals surface area (Å²) in [5.41, 5.74) is 14.4. The van der Waals surface area contributed by atoms with Crippen molar-refractivity contribution in [3.05, 3.63) is 84.2 Å². The van der Waals surface area contributed by atoms with Gasteiger partial charge in [-0.15, -0.1) is 0 Å². The van der Waals surface area contributed by atoms with Crippen molar-refractivity contribution in [3.63, 3.8) is 0 Å². The molecule has 2 aromatic heterocycles. The molecule has 3 heteroatoms. The molecule has 0 saturated heterocycles. The van der Waals surface area contributed by atoms with Gasteiger partial charge in [0.15, 0.2) is 0 Å². The SMILES string of the molecule is NC1c2ccccc2-c2c(-c3cn4ccccc4n3)cccc21. The van der Waals surface area contributed by atoms with Gasteiger partial charge in [0, 0.05) is 18.0 Å². The van der Waals surface area contributed by atoms with Crippen LogP contribution in [0.3, 0.4) is 0 Å². The summed E-state index contributed by atoms with van der Waals surface area (Å²) in [6.07, 6.45) is 4.10. The molecule has 0 aliphatic heterocycles. The number of aromatic nitrogens is 2. The molecule has 2 aromatic carbocycles. The Kier molecular flexibility index (Phi) is 2.49. The van der Waals surface area contributed by atoms with Gasteiger partial charge < -0.3 is 10.1 Å². The predicted molar refractivity (Wildman–Crippen MR) is 92.1 cm³/mol. The molecule has 5 rings (SSSR count). The van der Waals surface area contributed by atoms with Crippen LogP contribution in [-0.4, -0.2) is 9.38 Å². The molecule has 2 N–H and O–H groups in total. The Labute approximate surface area is 134 Å². The second kappa shape index (κ2) is 4.54. The molecule has 0 spiro atoms. The molecule has 0 amide bonds. The molecule has 0 radical (unpaired) electrons. The highest BCUT2D eigenvalue weighted by Gasteiger charge is 2.28. The third kappa shape index (κ3) is 1.71. The second-order valence-electron chi connectivity index (χ2n) is 5.93. The number of benzene rings is 2. The highest BCUT2D eigenvalue weighted by molar-refractivity contribution is 5.90. The molecule has 110 valence electrons. The maximum Gasteiger partial charge on any atom is 0.137 e. The van der Waals surface area contributed by atoms with Crippen molar-refractivity contribution in [2.45, 2.75) is 6.04 Å². The average Bonchev–Trinajstić information content (AvgIpc) is 3.15. The first-order valence-electron chi connectivity index (χ1n) is 7.75. The van der Waals surface area contributed by atoms with Gasteiger partial charge in [0.1, 0.15) is 5.65 Å². The molecule has 1 unspecified atom stereocenters. The summed E-state index contributed by atoms with van der Waals surface area (Å²) in [5.74, 6) is 0. The van der Waals surface area contributed by atoms with Gasteiger partial charge in [-0.2, -0.15) is 0 Å². The van der Waals surface area contributed by atoms with Crippen molar-refractivity contribution in [3.8, 4) is 22.4 Å². The van der Waals surface area contributed by atoms with Crippen LogP contribution in [0, 0.1) is 0 Å². The Hall–Kier alpha value is -2.91. The van der Waals surface area contributed by atoms with Crippen LogP contribution in [0.5, 0.6) is 0 Å². The van der Waals surface area contributed by atoms with Crippen molar-refractivity contribution >= 4 is 5.65 Å². The molecule has 3 nitrogen and oxygen atoms in total. The van der Waals surface area contributed by atoms with Crippen molar-refractivity contribution in [1.29, 1.82) is 0 Å². The van der Waals surface area contributed by atoms with E-state index in [1.807, 2.05) is 24.4 Å². The highest BCUT2D eigenvalue weighted by Crippen LogP contribution is 2.46. The molecule has 0 fully saturated rings. The average molecular weight is 297 g/mol. The van der Waals surface area contributed by atoms with Crippen LogP contribution in [-0.2, 0) is 0 Å². The predicted octanol–water partition coefficient (Wildman–Crippen LogP) is 4.03. The first-order chi connectivity index (χ1) is 11.3. The summed E-state index contributed by atoms with van der Waals surface area (Å²) in [6.45, 7) is 0. The van der Waals surface area contributed by atoms with E-state index in [1.54, 1.807) is 0 Å². The normalized spacial score (nSPS) is 15.6. The summed E-state index contributed by atoms with van der Waals surface area (Å²) in [5, 5.41) is 0. The quantitative estimate of drug-likeness (QED) is 0.576. The number of imidazole rings is 1. The van der Waals surface area contributed by atoms with E-state index >= 15 is 0 Å². The number of nitrogens with zero attached hydrogens (tertiary/aromatic N) is 2. The van der Waals surface area contributed by atoms with E-state index in [0.717, 1.165) is 16.9 Å². The Morgan fingerprint density at radius 2 is 1.61 bits per heavy atom. The summed E-state index contributed by atoms with van der Waals surface area (Å²) in [7, 11) is 0. The van der Waals surface area contributed by atoms with E-state index in [1.165, 1.54) is 22.3 Å². The zero-order valence-corrected chi connectivity index (χ0v) is 12.5. The topological polar surface area (TPSA) is 43.3 Å². The third-order valence-electron chi connectivity index (χ3n) is 4.64. The molecule has 1 aliphatic carbocycles. The maximum absolute atomic E-state index is 6.45. The number of hydrogen-bond donors (Lipinski definition) is 1. The van der Waals surface area contributed by atoms with Gasteiger partial charge in [0.2, 0.25) is 0 Å². The molecule has 23 heavy (non-hydrogen) atoms. The molecule has 4 aromatic rings. The first-order valence-corrected chi connectivity index (χ1v) is 7.75. The second-order valence-corrected chi connectivity index (χ2v) is 5.93. The van der Waals surface area contributed by atoms with E-state index in [-0.39, 0.29) is 6.04 Å². The lowest BCUT2D eigenvalue weighted by Gasteiger charge is -2.08. The minimum absolute atomic E-state index is 0.0572. The number of hydrogen-bond acceptors (Lipinski definition) is 2. The van der Waals surface area contributed by atoms with E-state index in [4.69, 9.17) is 10.7 Å². The molecular formula is C20H15N3. The smallest absolute Gasteiger partial charge is 0.137 e. The first kappa shape index (κ1) is 12.6. The Morgan fingerprint density at radius 1 is 0.826 bits per heavy atom. The van der Waals surface area contributed by atoms with E-state index in [9.17, 15) is 0 Å². The van der Waals surface area contributed by atoms with Gasteiger partial charge in [-0.1, -0.05) is 48.5 Å². The number of fused-ring (bicyclic) bond motifs is 4. The molecule has 2 heterocycles. The summed E-state index contributed by atoms with van der Waals surface area (Å²) >= 11 is 0. The standard InChI is InChI=1S/C20H15N3/c21-20-14-7-2-1-6-13(14)19-15(8-5-9-16(19)20)17-12-23-11-4-3-10-18(23)22-17/h1-12,20H,21H2. The number of rotatable bonds is 1. The minimum atomic E-state index is -0.0572. The Bertz CT molecular complexity index is 1010. The summed E-state index contributed by atoms with van der Waals surface area (Å²) in [4.78, 5) is 4.78. The third-order valence-corrected chi connectivity index (χ3v) is 4.64. The lowest BCUT2D eigenvalue weighted by molar-refractivity contribution is 0.901. The minimum Gasteiger partial charge on any atom is -0.320 e. The number of pyridine rings is 1. The van der Waals surface area contributed by atoms with Gasteiger partial charge in [0.25, 0.3) is 0 Å².